The van der Waals surface area contributed by atoms with Crippen LogP contribution in [0.15, 0.2) is 24.4 Å². The molecule has 144 valence electrons. The Balaban J connectivity index is 1.67. The van der Waals surface area contributed by atoms with Crippen LogP contribution in [0.3, 0.4) is 0 Å². The zero-order valence-corrected chi connectivity index (χ0v) is 14.7. The number of carbonyl (C=O) groups is 2. The lowest BCUT2D eigenvalue weighted by Crippen LogP contribution is -2.39. The van der Waals surface area contributed by atoms with Crippen LogP contribution in [0.2, 0.25) is 0 Å². The predicted octanol–water partition coefficient (Wildman–Crippen LogP) is 2.63. The second kappa shape index (κ2) is 8.26. The third kappa shape index (κ3) is 4.30. The number of nitrogens with one attached hydrogen (secondary N) is 3. The maximum Gasteiger partial charge on any atom is 0.274 e. The fourth-order valence-electron chi connectivity index (χ4n) is 3.15. The summed E-state index contributed by atoms with van der Waals surface area (Å²) in [6.07, 6.45) is 4.73. The number of hydrogen-bond acceptors (Lipinski definition) is 4. The number of aromatic nitrogens is 2. The van der Waals surface area contributed by atoms with Gasteiger partial charge >= 0.3 is 0 Å². The van der Waals surface area contributed by atoms with Crippen LogP contribution in [-0.2, 0) is 4.74 Å². The average molecular weight is 378 g/mol. The second-order valence-corrected chi connectivity index (χ2v) is 6.38. The number of aromatic amines is 1. The smallest absolute Gasteiger partial charge is 0.274 e. The van der Waals surface area contributed by atoms with E-state index in [0.29, 0.717) is 0 Å². The highest BCUT2D eigenvalue weighted by atomic mass is 19.1. The van der Waals surface area contributed by atoms with E-state index in [1.54, 1.807) is 7.11 Å². The Morgan fingerprint density at radius 3 is 2.44 bits per heavy atom. The van der Waals surface area contributed by atoms with Gasteiger partial charge in [0.15, 0.2) is 5.69 Å². The molecule has 2 amide bonds. The van der Waals surface area contributed by atoms with Gasteiger partial charge in [-0.3, -0.25) is 14.7 Å². The third-order valence-corrected chi connectivity index (χ3v) is 4.64. The first kappa shape index (κ1) is 19.0. The Hall–Kier alpha value is -2.81. The first-order valence-corrected chi connectivity index (χ1v) is 8.62. The highest BCUT2D eigenvalue weighted by Crippen LogP contribution is 2.22. The number of nitrogens with zero attached hydrogens (tertiary/aromatic N) is 1. The Morgan fingerprint density at radius 2 is 1.81 bits per heavy atom. The number of hydrogen-bond donors (Lipinski definition) is 3. The van der Waals surface area contributed by atoms with Crippen molar-refractivity contribution in [3.05, 3.63) is 47.3 Å². The number of benzene rings is 1. The fourth-order valence-corrected chi connectivity index (χ4v) is 3.15. The first-order chi connectivity index (χ1) is 13.0. The second-order valence-electron chi connectivity index (χ2n) is 6.38. The predicted molar refractivity (Wildman–Crippen MR) is 93.4 cm³/mol. The van der Waals surface area contributed by atoms with Gasteiger partial charge in [0.05, 0.1) is 11.8 Å². The van der Waals surface area contributed by atoms with Crippen molar-refractivity contribution in [1.29, 1.82) is 0 Å². The van der Waals surface area contributed by atoms with E-state index in [9.17, 15) is 18.4 Å². The van der Waals surface area contributed by atoms with Gasteiger partial charge < -0.3 is 15.4 Å². The van der Waals surface area contributed by atoms with Crippen LogP contribution >= 0.6 is 0 Å². The maximum absolute atomic E-state index is 13.7. The third-order valence-electron chi connectivity index (χ3n) is 4.64. The van der Waals surface area contributed by atoms with Gasteiger partial charge in [0, 0.05) is 19.3 Å². The molecule has 3 N–H and O–H groups in total. The van der Waals surface area contributed by atoms with E-state index in [1.165, 1.54) is 6.20 Å². The number of H-pyrrole nitrogens is 1. The van der Waals surface area contributed by atoms with Gasteiger partial charge in [0.1, 0.15) is 17.2 Å². The number of anilines is 1. The minimum Gasteiger partial charge on any atom is -0.381 e. The van der Waals surface area contributed by atoms with Crippen LogP contribution in [0.1, 0.15) is 46.5 Å². The summed E-state index contributed by atoms with van der Waals surface area (Å²) in [7, 11) is 1.67. The quantitative estimate of drug-likeness (QED) is 0.745. The van der Waals surface area contributed by atoms with E-state index in [1.807, 2.05) is 0 Å². The number of rotatable bonds is 5. The fraction of sp³-hybridized carbons (Fsp3) is 0.389. The van der Waals surface area contributed by atoms with Crippen molar-refractivity contribution in [2.45, 2.75) is 37.8 Å². The highest BCUT2D eigenvalue weighted by molar-refractivity contribution is 6.08. The van der Waals surface area contributed by atoms with Gasteiger partial charge in [-0.1, -0.05) is 6.07 Å². The molecule has 1 aromatic carbocycles. The number of amides is 2. The summed E-state index contributed by atoms with van der Waals surface area (Å²) in [5, 5.41) is 11.5. The van der Waals surface area contributed by atoms with Crippen LogP contribution in [0.5, 0.6) is 0 Å². The molecule has 1 fully saturated rings. The summed E-state index contributed by atoms with van der Waals surface area (Å²) in [4.78, 5) is 24.7. The minimum absolute atomic E-state index is 0.0202. The highest BCUT2D eigenvalue weighted by Gasteiger charge is 2.25. The zero-order chi connectivity index (χ0) is 19.4. The molecule has 2 aromatic rings. The lowest BCUT2D eigenvalue weighted by Gasteiger charge is -2.28. The Kier molecular flexibility index (Phi) is 5.80. The molecule has 0 aliphatic heterocycles. The SMILES string of the molecule is CO[C@H]1CC[C@H](NC(=O)c2n[nH]cc2NC(=O)c2c(F)cccc2F)CC1. The molecule has 3 rings (SSSR count). The molecule has 1 aliphatic rings. The summed E-state index contributed by atoms with van der Waals surface area (Å²) in [6, 6.07) is 3.11. The Labute approximate surface area is 154 Å². The van der Waals surface area contributed by atoms with Crippen LogP contribution in [0.25, 0.3) is 0 Å². The molecule has 27 heavy (non-hydrogen) atoms. The summed E-state index contributed by atoms with van der Waals surface area (Å²) in [5.74, 6) is -3.45. The molecule has 1 heterocycles. The van der Waals surface area contributed by atoms with E-state index >= 15 is 0 Å². The minimum atomic E-state index is -0.998. The molecule has 0 spiro atoms. The molecule has 0 bridgehead atoms. The summed E-state index contributed by atoms with van der Waals surface area (Å²) in [5.41, 5.74) is -0.720. The molecule has 1 saturated carbocycles. The van der Waals surface area contributed by atoms with E-state index in [0.717, 1.165) is 43.9 Å². The lowest BCUT2D eigenvalue weighted by molar-refractivity contribution is 0.0598. The van der Waals surface area contributed by atoms with Gasteiger partial charge in [0.2, 0.25) is 0 Å². The molecule has 0 saturated heterocycles. The molecular weight excluding hydrogens is 358 g/mol. The van der Waals surface area contributed by atoms with E-state index in [2.05, 4.69) is 20.8 Å². The van der Waals surface area contributed by atoms with Crippen molar-refractivity contribution in [1.82, 2.24) is 15.5 Å². The molecule has 1 aromatic heterocycles. The first-order valence-electron chi connectivity index (χ1n) is 8.62. The number of halogens is 2. The maximum atomic E-state index is 13.7. The molecule has 0 radical (unpaired) electrons. The van der Waals surface area contributed by atoms with Crippen molar-refractivity contribution < 1.29 is 23.1 Å². The monoisotopic (exact) mass is 378 g/mol. The zero-order valence-electron chi connectivity index (χ0n) is 14.7. The number of carbonyl (C=O) groups excluding carboxylic acids is 2. The van der Waals surface area contributed by atoms with E-state index in [4.69, 9.17) is 4.74 Å². The van der Waals surface area contributed by atoms with Crippen LogP contribution < -0.4 is 10.6 Å². The molecule has 7 nitrogen and oxygen atoms in total. The largest absolute Gasteiger partial charge is 0.381 e. The Morgan fingerprint density at radius 1 is 1.15 bits per heavy atom. The molecule has 9 heteroatoms. The van der Waals surface area contributed by atoms with Gasteiger partial charge in [0.25, 0.3) is 11.8 Å². The van der Waals surface area contributed by atoms with Crippen LogP contribution in [0.4, 0.5) is 14.5 Å². The van der Waals surface area contributed by atoms with Gasteiger partial charge in [-0.15, -0.1) is 0 Å². The van der Waals surface area contributed by atoms with Gasteiger partial charge in [-0.05, 0) is 37.8 Å². The molecular formula is C18H20F2N4O3. The van der Waals surface area contributed by atoms with Crippen molar-refractivity contribution in [3.8, 4) is 0 Å². The Bertz CT molecular complexity index is 812. The van der Waals surface area contributed by atoms with Crippen molar-refractivity contribution >= 4 is 17.5 Å². The van der Waals surface area contributed by atoms with Crippen LogP contribution in [0, 0.1) is 11.6 Å². The van der Waals surface area contributed by atoms with E-state index < -0.39 is 29.0 Å². The van der Waals surface area contributed by atoms with Crippen molar-refractivity contribution in [2.24, 2.45) is 0 Å². The van der Waals surface area contributed by atoms with Crippen LogP contribution in [-0.4, -0.2) is 41.3 Å². The molecule has 1 aliphatic carbocycles. The van der Waals surface area contributed by atoms with E-state index in [-0.39, 0.29) is 23.5 Å². The van der Waals surface area contributed by atoms with Crippen molar-refractivity contribution in [3.63, 3.8) is 0 Å². The molecule has 0 atom stereocenters. The lowest BCUT2D eigenvalue weighted by atomic mass is 9.93. The average Bonchev–Trinajstić information content (AvgIpc) is 3.10. The normalized spacial score (nSPS) is 19.5. The standard InChI is InChI=1S/C18H20F2N4O3/c1-27-11-7-5-10(6-8-11)22-18(26)16-14(9-21-24-16)23-17(25)15-12(19)3-2-4-13(15)20/h2-4,9-11H,5-8H2,1H3,(H,21,24)(H,22,26)(H,23,25)/t10-,11-. The summed E-state index contributed by atoms with van der Waals surface area (Å²) in [6.45, 7) is 0. The molecule has 0 unspecified atom stereocenters. The summed E-state index contributed by atoms with van der Waals surface area (Å²) < 4.78 is 32.8. The number of methoxy groups -OCH3 is 1. The topological polar surface area (TPSA) is 96.1 Å². The van der Waals surface area contributed by atoms with Crippen molar-refractivity contribution in [2.75, 3.05) is 12.4 Å². The number of ether oxygens (including phenoxy) is 1. The summed E-state index contributed by atoms with van der Waals surface area (Å²) >= 11 is 0. The van der Waals surface area contributed by atoms with Gasteiger partial charge in [-0.25, -0.2) is 8.78 Å². The van der Waals surface area contributed by atoms with Gasteiger partial charge in [-0.2, -0.15) is 5.10 Å².